The van der Waals surface area contributed by atoms with Gasteiger partial charge in [-0.1, -0.05) is 23.8 Å². The van der Waals surface area contributed by atoms with Crippen LogP contribution in [0.5, 0.6) is 0 Å². The maximum atomic E-state index is 12.5. The normalized spacial score (nSPS) is 14.4. The molecule has 0 bridgehead atoms. The molecule has 0 spiro atoms. The van der Waals surface area contributed by atoms with Gasteiger partial charge in [0.05, 0.1) is 5.25 Å². The van der Waals surface area contributed by atoms with Crippen LogP contribution in [0.15, 0.2) is 41.3 Å². The van der Waals surface area contributed by atoms with Crippen LogP contribution in [0.4, 0.5) is 5.69 Å². The smallest absolute Gasteiger partial charge is 0.237 e. The fraction of sp³-hybridized carbons (Fsp3) is 0.350. The van der Waals surface area contributed by atoms with Crippen LogP contribution < -0.4 is 5.32 Å². The van der Waals surface area contributed by atoms with Gasteiger partial charge in [-0.05, 0) is 74.9 Å². The van der Waals surface area contributed by atoms with Gasteiger partial charge in [-0.3, -0.25) is 4.79 Å². The van der Waals surface area contributed by atoms with Gasteiger partial charge >= 0.3 is 0 Å². The van der Waals surface area contributed by atoms with Gasteiger partial charge in [0.1, 0.15) is 0 Å². The van der Waals surface area contributed by atoms with E-state index in [4.69, 9.17) is 0 Å². The zero-order valence-corrected chi connectivity index (χ0v) is 14.8. The number of fused-ring (bicyclic) bond motifs is 1. The third-order valence-electron chi connectivity index (χ3n) is 4.39. The number of hydrogen-bond acceptors (Lipinski definition) is 2. The molecule has 0 heterocycles. The summed E-state index contributed by atoms with van der Waals surface area (Å²) in [6, 6.07) is 12.7. The molecule has 2 aromatic rings. The summed E-state index contributed by atoms with van der Waals surface area (Å²) >= 11 is 1.63. The van der Waals surface area contributed by atoms with Gasteiger partial charge in [0.15, 0.2) is 0 Å². The maximum absolute atomic E-state index is 12.5. The highest BCUT2D eigenvalue weighted by Crippen LogP contribution is 2.30. The van der Waals surface area contributed by atoms with Crippen molar-refractivity contribution in [2.45, 2.75) is 50.2 Å². The van der Waals surface area contributed by atoms with E-state index < -0.39 is 0 Å². The summed E-state index contributed by atoms with van der Waals surface area (Å²) in [5.74, 6) is 0.0578. The third-order valence-corrected chi connectivity index (χ3v) is 5.49. The number of thioether (sulfide) groups is 1. The molecule has 2 aromatic carbocycles. The third kappa shape index (κ3) is 3.78. The molecule has 3 heteroatoms. The molecule has 0 radical (unpaired) electrons. The summed E-state index contributed by atoms with van der Waals surface area (Å²) < 4.78 is 0. The molecule has 0 saturated heterocycles. The Balaban J connectivity index is 1.65. The van der Waals surface area contributed by atoms with E-state index in [9.17, 15) is 4.79 Å². The Labute approximate surface area is 142 Å². The number of anilines is 1. The molecule has 0 unspecified atom stereocenters. The molecular weight excluding hydrogens is 302 g/mol. The molecule has 3 rings (SSSR count). The van der Waals surface area contributed by atoms with E-state index in [2.05, 4.69) is 36.5 Å². The van der Waals surface area contributed by atoms with Crippen LogP contribution in [-0.2, 0) is 17.6 Å². The summed E-state index contributed by atoms with van der Waals surface area (Å²) in [7, 11) is 0. The lowest BCUT2D eigenvalue weighted by atomic mass is 10.1. The lowest BCUT2D eigenvalue weighted by molar-refractivity contribution is -0.115. The lowest BCUT2D eigenvalue weighted by Crippen LogP contribution is -2.22. The minimum atomic E-state index is -0.116. The van der Waals surface area contributed by atoms with Crippen LogP contribution in [-0.4, -0.2) is 11.2 Å². The van der Waals surface area contributed by atoms with Crippen molar-refractivity contribution in [1.82, 2.24) is 0 Å². The Kier molecular flexibility index (Phi) is 4.76. The van der Waals surface area contributed by atoms with Crippen LogP contribution in [0.25, 0.3) is 0 Å². The number of rotatable bonds is 4. The summed E-state index contributed by atoms with van der Waals surface area (Å²) in [5.41, 5.74) is 6.15. The molecule has 1 amide bonds. The van der Waals surface area contributed by atoms with Crippen molar-refractivity contribution in [3.63, 3.8) is 0 Å². The van der Waals surface area contributed by atoms with Crippen molar-refractivity contribution in [3.8, 4) is 0 Å². The van der Waals surface area contributed by atoms with Gasteiger partial charge in [0, 0.05) is 10.6 Å². The summed E-state index contributed by atoms with van der Waals surface area (Å²) in [6.45, 7) is 6.06. The van der Waals surface area contributed by atoms with Crippen molar-refractivity contribution in [1.29, 1.82) is 0 Å². The van der Waals surface area contributed by atoms with Gasteiger partial charge in [0.2, 0.25) is 5.91 Å². The predicted octanol–water partition coefficient (Wildman–Crippen LogP) is 4.91. The summed E-state index contributed by atoms with van der Waals surface area (Å²) in [4.78, 5) is 13.6. The maximum Gasteiger partial charge on any atom is 0.237 e. The molecule has 23 heavy (non-hydrogen) atoms. The van der Waals surface area contributed by atoms with Gasteiger partial charge in [-0.2, -0.15) is 0 Å². The first kappa shape index (κ1) is 16.1. The highest BCUT2D eigenvalue weighted by Gasteiger charge is 2.17. The first-order valence-corrected chi connectivity index (χ1v) is 9.07. The number of carbonyl (C=O) groups is 1. The highest BCUT2D eigenvalue weighted by molar-refractivity contribution is 8.00. The SMILES string of the molecule is Cc1ccc(NC(=O)[C@@H](C)Sc2ccc3c(c2)CCC3)c(C)c1. The minimum Gasteiger partial charge on any atom is -0.325 e. The lowest BCUT2D eigenvalue weighted by Gasteiger charge is -2.14. The molecule has 0 fully saturated rings. The molecule has 0 aromatic heterocycles. The van der Waals surface area contributed by atoms with Gasteiger partial charge < -0.3 is 5.32 Å². The number of nitrogens with one attached hydrogen (secondary N) is 1. The Morgan fingerprint density at radius 3 is 2.65 bits per heavy atom. The fourth-order valence-corrected chi connectivity index (χ4v) is 4.00. The van der Waals surface area contributed by atoms with E-state index >= 15 is 0 Å². The Bertz CT molecular complexity index is 738. The van der Waals surface area contributed by atoms with Crippen molar-refractivity contribution < 1.29 is 4.79 Å². The average molecular weight is 325 g/mol. The zero-order chi connectivity index (χ0) is 16.4. The van der Waals surface area contributed by atoms with E-state index in [1.807, 2.05) is 26.0 Å². The van der Waals surface area contributed by atoms with Crippen LogP contribution in [0.1, 0.15) is 35.6 Å². The molecule has 1 aliphatic rings. The van der Waals surface area contributed by atoms with E-state index in [1.54, 1.807) is 11.8 Å². The fourth-order valence-electron chi connectivity index (χ4n) is 3.07. The van der Waals surface area contributed by atoms with Crippen molar-refractivity contribution in [3.05, 3.63) is 58.7 Å². The average Bonchev–Trinajstić information content (AvgIpc) is 2.97. The van der Waals surface area contributed by atoms with Crippen LogP contribution in [0.2, 0.25) is 0 Å². The first-order valence-electron chi connectivity index (χ1n) is 8.19. The van der Waals surface area contributed by atoms with E-state index in [1.165, 1.54) is 40.8 Å². The molecular formula is C20H23NOS. The Hall–Kier alpha value is -1.74. The molecule has 0 saturated carbocycles. The van der Waals surface area contributed by atoms with Crippen molar-refractivity contribution >= 4 is 23.4 Å². The number of benzene rings is 2. The molecule has 0 aliphatic heterocycles. The number of carbonyl (C=O) groups excluding carboxylic acids is 1. The van der Waals surface area contributed by atoms with Gasteiger partial charge in [0.25, 0.3) is 0 Å². The van der Waals surface area contributed by atoms with Gasteiger partial charge in [-0.15, -0.1) is 11.8 Å². The summed E-state index contributed by atoms with van der Waals surface area (Å²) in [6.07, 6.45) is 3.63. The topological polar surface area (TPSA) is 29.1 Å². The standard InChI is InChI=1S/C20H23NOS/c1-13-7-10-19(14(2)11-13)21-20(22)15(3)23-18-9-8-16-5-4-6-17(16)12-18/h7-12,15H,4-6H2,1-3H3,(H,21,22)/t15-/m1/s1. The number of amides is 1. The van der Waals surface area contributed by atoms with Crippen molar-refractivity contribution in [2.24, 2.45) is 0 Å². The molecule has 120 valence electrons. The Morgan fingerprint density at radius 2 is 1.87 bits per heavy atom. The molecule has 1 aliphatic carbocycles. The van der Waals surface area contributed by atoms with E-state index in [-0.39, 0.29) is 11.2 Å². The largest absolute Gasteiger partial charge is 0.325 e. The quantitative estimate of drug-likeness (QED) is 0.809. The minimum absolute atomic E-state index is 0.0578. The van der Waals surface area contributed by atoms with E-state index in [0.717, 1.165) is 11.3 Å². The first-order chi connectivity index (χ1) is 11.0. The molecule has 2 nitrogen and oxygen atoms in total. The monoisotopic (exact) mass is 325 g/mol. The second-order valence-corrected chi connectivity index (χ2v) is 7.77. The molecule has 1 atom stereocenters. The van der Waals surface area contributed by atoms with Crippen molar-refractivity contribution in [2.75, 3.05) is 5.32 Å². The van der Waals surface area contributed by atoms with Crippen LogP contribution in [0.3, 0.4) is 0 Å². The highest BCUT2D eigenvalue weighted by atomic mass is 32.2. The number of hydrogen-bond donors (Lipinski definition) is 1. The second-order valence-electron chi connectivity index (χ2n) is 6.35. The predicted molar refractivity (Wildman–Crippen MR) is 98.3 cm³/mol. The summed E-state index contributed by atoms with van der Waals surface area (Å²) in [5, 5.41) is 2.93. The van der Waals surface area contributed by atoms with Gasteiger partial charge in [-0.25, -0.2) is 0 Å². The Morgan fingerprint density at radius 1 is 1.09 bits per heavy atom. The van der Waals surface area contributed by atoms with E-state index in [0.29, 0.717) is 0 Å². The van der Waals surface area contributed by atoms with Crippen LogP contribution >= 0.6 is 11.8 Å². The molecule has 1 N–H and O–H groups in total. The second kappa shape index (κ2) is 6.79. The zero-order valence-electron chi connectivity index (χ0n) is 14.0. The number of aryl methyl sites for hydroxylation is 4. The van der Waals surface area contributed by atoms with Crippen LogP contribution in [0, 0.1) is 13.8 Å².